The van der Waals surface area contributed by atoms with E-state index in [0.29, 0.717) is 0 Å². The van der Waals surface area contributed by atoms with Gasteiger partial charge in [0.15, 0.2) is 0 Å². The molecule has 0 bridgehead atoms. The molecular formula is C15H22N2. The van der Waals surface area contributed by atoms with Gasteiger partial charge in [0.05, 0.1) is 0 Å². The van der Waals surface area contributed by atoms with Crippen molar-refractivity contribution in [2.75, 3.05) is 0 Å². The molecule has 0 aromatic carbocycles. The zero-order valence-electron chi connectivity index (χ0n) is 10.8. The predicted molar refractivity (Wildman–Crippen MR) is 73.0 cm³/mol. The predicted octanol–water partition coefficient (Wildman–Crippen LogP) is 3.14. The first-order valence-corrected chi connectivity index (χ1v) is 6.34. The summed E-state index contributed by atoms with van der Waals surface area (Å²) in [6.07, 6.45) is 13.0. The molecule has 2 aliphatic carbocycles. The molecule has 2 aliphatic rings. The quantitative estimate of drug-likeness (QED) is 0.765. The topological polar surface area (TPSA) is 52.0 Å². The van der Waals surface area contributed by atoms with Crippen LogP contribution in [0.2, 0.25) is 0 Å². The summed E-state index contributed by atoms with van der Waals surface area (Å²) in [5.74, 6) is 0. The van der Waals surface area contributed by atoms with Gasteiger partial charge >= 0.3 is 0 Å². The smallest absolute Gasteiger partial charge is 0.0332 e. The number of hydrogen-bond acceptors (Lipinski definition) is 2. The van der Waals surface area contributed by atoms with Crippen molar-refractivity contribution in [1.29, 1.82) is 0 Å². The fourth-order valence-electron chi connectivity index (χ4n) is 2.70. The number of hydrogen-bond donors (Lipinski definition) is 2. The van der Waals surface area contributed by atoms with Gasteiger partial charge in [-0.3, -0.25) is 0 Å². The average Bonchev–Trinajstić information content (AvgIpc) is 2.29. The lowest BCUT2D eigenvalue weighted by Crippen LogP contribution is -2.24. The van der Waals surface area contributed by atoms with Gasteiger partial charge in [0.2, 0.25) is 0 Å². The standard InChI is InChI=1S/C15H22N2/c1-15(2,11-6-4-3-5-7-11)13-9-8-12(16)10-14(13)17/h4,6-7,10H,3,5,8-9,16-17H2,1-2H3. The monoisotopic (exact) mass is 230 g/mol. The average molecular weight is 230 g/mol. The van der Waals surface area contributed by atoms with Crippen molar-refractivity contribution < 1.29 is 0 Å². The van der Waals surface area contributed by atoms with Crippen LogP contribution in [0.1, 0.15) is 39.5 Å². The summed E-state index contributed by atoms with van der Waals surface area (Å²) in [7, 11) is 0. The van der Waals surface area contributed by atoms with Crippen molar-refractivity contribution >= 4 is 0 Å². The van der Waals surface area contributed by atoms with Crippen molar-refractivity contribution in [2.24, 2.45) is 16.9 Å². The van der Waals surface area contributed by atoms with Crippen molar-refractivity contribution in [3.05, 3.63) is 46.8 Å². The minimum absolute atomic E-state index is 0.0260. The van der Waals surface area contributed by atoms with E-state index in [1.165, 1.54) is 11.1 Å². The van der Waals surface area contributed by atoms with Crippen molar-refractivity contribution in [3.8, 4) is 0 Å². The first-order valence-electron chi connectivity index (χ1n) is 6.34. The van der Waals surface area contributed by atoms with Gasteiger partial charge in [-0.15, -0.1) is 0 Å². The van der Waals surface area contributed by atoms with Crippen LogP contribution < -0.4 is 11.5 Å². The van der Waals surface area contributed by atoms with Crippen LogP contribution in [0.15, 0.2) is 46.8 Å². The zero-order valence-corrected chi connectivity index (χ0v) is 10.8. The van der Waals surface area contributed by atoms with Crippen LogP contribution >= 0.6 is 0 Å². The van der Waals surface area contributed by atoms with Crippen LogP contribution in [-0.4, -0.2) is 0 Å². The van der Waals surface area contributed by atoms with E-state index in [4.69, 9.17) is 11.5 Å². The second kappa shape index (κ2) is 4.44. The third-order valence-electron chi connectivity index (χ3n) is 3.82. The Hall–Kier alpha value is -1.44. The van der Waals surface area contributed by atoms with E-state index in [2.05, 4.69) is 32.1 Å². The third kappa shape index (κ3) is 2.31. The Kier molecular flexibility index (Phi) is 3.14. The highest BCUT2D eigenvalue weighted by molar-refractivity contribution is 5.42. The summed E-state index contributed by atoms with van der Waals surface area (Å²) in [6, 6.07) is 0. The van der Waals surface area contributed by atoms with Crippen LogP contribution in [-0.2, 0) is 0 Å². The van der Waals surface area contributed by atoms with Crippen LogP contribution in [0.5, 0.6) is 0 Å². The Labute approximate surface area is 104 Å². The molecule has 0 aliphatic heterocycles. The van der Waals surface area contributed by atoms with Crippen LogP contribution in [0.3, 0.4) is 0 Å². The normalized spacial score (nSPS) is 21.3. The van der Waals surface area contributed by atoms with E-state index < -0.39 is 0 Å². The van der Waals surface area contributed by atoms with Crippen molar-refractivity contribution in [2.45, 2.75) is 39.5 Å². The second-order valence-corrected chi connectivity index (χ2v) is 5.42. The number of nitrogens with two attached hydrogens (primary N) is 2. The first kappa shape index (κ1) is 12.0. The lowest BCUT2D eigenvalue weighted by atomic mass is 9.72. The SMILES string of the molecule is CC(C)(C1=CCCC=C1)C1=C(N)C=C(N)CC1. The molecule has 92 valence electrons. The van der Waals surface area contributed by atoms with Gasteiger partial charge < -0.3 is 11.5 Å². The van der Waals surface area contributed by atoms with Gasteiger partial charge in [0.25, 0.3) is 0 Å². The van der Waals surface area contributed by atoms with E-state index in [1.54, 1.807) is 0 Å². The zero-order chi connectivity index (χ0) is 12.5. The molecule has 2 heteroatoms. The number of allylic oxidation sites excluding steroid dienone is 7. The minimum atomic E-state index is 0.0260. The summed E-state index contributed by atoms with van der Waals surface area (Å²) in [5, 5.41) is 0. The summed E-state index contributed by atoms with van der Waals surface area (Å²) in [5.41, 5.74) is 16.5. The molecule has 0 aromatic rings. The summed E-state index contributed by atoms with van der Waals surface area (Å²) in [6.45, 7) is 4.51. The molecule has 2 rings (SSSR count). The van der Waals surface area contributed by atoms with Gasteiger partial charge in [0.1, 0.15) is 0 Å². The van der Waals surface area contributed by atoms with Gasteiger partial charge in [-0.25, -0.2) is 0 Å². The van der Waals surface area contributed by atoms with E-state index in [1.807, 2.05) is 6.08 Å². The largest absolute Gasteiger partial charge is 0.402 e. The molecule has 4 N–H and O–H groups in total. The van der Waals surface area contributed by atoms with Gasteiger partial charge in [-0.1, -0.05) is 32.1 Å². The minimum Gasteiger partial charge on any atom is -0.402 e. The van der Waals surface area contributed by atoms with E-state index in [9.17, 15) is 0 Å². The van der Waals surface area contributed by atoms with Crippen LogP contribution in [0, 0.1) is 5.41 Å². The molecule has 2 nitrogen and oxygen atoms in total. The van der Waals surface area contributed by atoms with Crippen molar-refractivity contribution in [3.63, 3.8) is 0 Å². The maximum absolute atomic E-state index is 6.13. The van der Waals surface area contributed by atoms with Gasteiger partial charge in [-0.2, -0.15) is 0 Å². The summed E-state index contributed by atoms with van der Waals surface area (Å²) >= 11 is 0. The Morgan fingerprint density at radius 3 is 2.47 bits per heavy atom. The first-order chi connectivity index (χ1) is 8.01. The highest BCUT2D eigenvalue weighted by atomic mass is 14.6. The van der Waals surface area contributed by atoms with Gasteiger partial charge in [-0.05, 0) is 42.9 Å². The lowest BCUT2D eigenvalue weighted by molar-refractivity contribution is 0.511. The molecule has 0 aromatic heterocycles. The molecule has 0 radical (unpaired) electrons. The van der Waals surface area contributed by atoms with E-state index in [-0.39, 0.29) is 5.41 Å². The van der Waals surface area contributed by atoms with Crippen LogP contribution in [0.25, 0.3) is 0 Å². The van der Waals surface area contributed by atoms with E-state index >= 15 is 0 Å². The summed E-state index contributed by atoms with van der Waals surface area (Å²) < 4.78 is 0. The maximum Gasteiger partial charge on any atom is 0.0332 e. The molecule has 0 spiro atoms. The lowest BCUT2D eigenvalue weighted by Gasteiger charge is -2.33. The molecule has 0 saturated carbocycles. The fourth-order valence-corrected chi connectivity index (χ4v) is 2.70. The Balaban J connectivity index is 2.35. The molecule has 0 heterocycles. The van der Waals surface area contributed by atoms with Gasteiger partial charge in [0, 0.05) is 16.8 Å². The molecule has 0 atom stereocenters. The highest BCUT2D eigenvalue weighted by Gasteiger charge is 2.29. The Morgan fingerprint density at radius 2 is 1.88 bits per heavy atom. The second-order valence-electron chi connectivity index (χ2n) is 5.42. The molecule has 0 saturated heterocycles. The summed E-state index contributed by atoms with van der Waals surface area (Å²) in [4.78, 5) is 0. The Morgan fingerprint density at radius 1 is 1.12 bits per heavy atom. The number of rotatable bonds is 2. The molecule has 0 unspecified atom stereocenters. The maximum atomic E-state index is 6.13. The molecular weight excluding hydrogens is 208 g/mol. The van der Waals surface area contributed by atoms with Crippen LogP contribution in [0.4, 0.5) is 0 Å². The highest BCUT2D eigenvalue weighted by Crippen LogP contribution is 2.42. The third-order valence-corrected chi connectivity index (χ3v) is 3.82. The Bertz CT molecular complexity index is 434. The van der Waals surface area contributed by atoms with Crippen molar-refractivity contribution in [1.82, 2.24) is 0 Å². The molecule has 0 amide bonds. The van der Waals surface area contributed by atoms with E-state index in [0.717, 1.165) is 37.1 Å². The molecule has 17 heavy (non-hydrogen) atoms. The molecule has 0 fully saturated rings. The fraction of sp³-hybridized carbons (Fsp3) is 0.467.